The summed E-state index contributed by atoms with van der Waals surface area (Å²) in [6, 6.07) is 0. The molecule has 0 saturated carbocycles. The molecule has 2 aliphatic heterocycles. The van der Waals surface area contributed by atoms with Gasteiger partial charge in [0.25, 0.3) is 0 Å². The highest BCUT2D eigenvalue weighted by molar-refractivity contribution is 5.85. The molecule has 96 valence electrons. The lowest BCUT2D eigenvalue weighted by Gasteiger charge is -2.35. The van der Waals surface area contributed by atoms with E-state index >= 15 is 0 Å². The van der Waals surface area contributed by atoms with E-state index in [9.17, 15) is 0 Å². The van der Waals surface area contributed by atoms with E-state index in [0.29, 0.717) is 5.54 Å². The number of rotatable bonds is 2. The van der Waals surface area contributed by atoms with Gasteiger partial charge >= 0.3 is 0 Å². The van der Waals surface area contributed by atoms with Crippen LogP contribution < -0.4 is 5.32 Å². The van der Waals surface area contributed by atoms with Gasteiger partial charge in [-0.2, -0.15) is 0 Å². The molecule has 1 unspecified atom stereocenters. The standard InChI is InChI=1S/C13H26N2.ClH/c1-11-8-13(2,3)15(9-11)10-12-4-6-14-7-5-12;/h11-12,14H,4-10H2,1-3H3;1H. The monoisotopic (exact) mass is 246 g/mol. The molecule has 2 rings (SSSR count). The maximum absolute atomic E-state index is 3.45. The Morgan fingerprint density at radius 2 is 1.88 bits per heavy atom. The molecule has 0 radical (unpaired) electrons. The molecular formula is C13H27ClN2. The zero-order valence-electron chi connectivity index (χ0n) is 11.0. The van der Waals surface area contributed by atoms with Gasteiger partial charge in [0.1, 0.15) is 0 Å². The molecule has 0 aromatic rings. The molecule has 1 atom stereocenters. The van der Waals surface area contributed by atoms with Crippen LogP contribution in [0.25, 0.3) is 0 Å². The first-order chi connectivity index (χ1) is 7.08. The van der Waals surface area contributed by atoms with Crippen LogP contribution in [0.2, 0.25) is 0 Å². The fourth-order valence-corrected chi connectivity index (χ4v) is 3.37. The van der Waals surface area contributed by atoms with E-state index in [2.05, 4.69) is 31.0 Å². The summed E-state index contributed by atoms with van der Waals surface area (Å²) in [6.45, 7) is 12.3. The first-order valence-electron chi connectivity index (χ1n) is 6.54. The summed E-state index contributed by atoms with van der Waals surface area (Å²) in [7, 11) is 0. The molecule has 0 amide bonds. The number of hydrogen-bond acceptors (Lipinski definition) is 2. The van der Waals surface area contributed by atoms with Crippen molar-refractivity contribution in [3.8, 4) is 0 Å². The Labute approximate surface area is 107 Å². The fraction of sp³-hybridized carbons (Fsp3) is 1.00. The average Bonchev–Trinajstić information content (AvgIpc) is 2.41. The first-order valence-corrected chi connectivity index (χ1v) is 6.54. The van der Waals surface area contributed by atoms with Crippen molar-refractivity contribution in [1.29, 1.82) is 0 Å². The number of halogens is 1. The van der Waals surface area contributed by atoms with Gasteiger partial charge in [-0.05, 0) is 58.0 Å². The van der Waals surface area contributed by atoms with E-state index in [-0.39, 0.29) is 12.4 Å². The van der Waals surface area contributed by atoms with Gasteiger partial charge in [-0.1, -0.05) is 6.92 Å². The van der Waals surface area contributed by atoms with Gasteiger partial charge in [0, 0.05) is 18.6 Å². The molecule has 2 heterocycles. The Kier molecular flexibility index (Phi) is 5.09. The van der Waals surface area contributed by atoms with Crippen molar-refractivity contribution in [2.45, 2.75) is 45.6 Å². The summed E-state index contributed by atoms with van der Waals surface area (Å²) >= 11 is 0. The van der Waals surface area contributed by atoms with Crippen molar-refractivity contribution in [1.82, 2.24) is 10.2 Å². The van der Waals surface area contributed by atoms with Crippen LogP contribution in [0.3, 0.4) is 0 Å². The maximum Gasteiger partial charge on any atom is 0.0156 e. The zero-order valence-corrected chi connectivity index (χ0v) is 11.8. The third-order valence-electron chi connectivity index (χ3n) is 4.17. The predicted octanol–water partition coefficient (Wildman–Crippen LogP) is 2.53. The summed E-state index contributed by atoms with van der Waals surface area (Å²) in [5.41, 5.74) is 0.449. The molecule has 2 aliphatic rings. The van der Waals surface area contributed by atoms with Crippen LogP contribution >= 0.6 is 12.4 Å². The second-order valence-electron chi connectivity index (χ2n) is 6.22. The van der Waals surface area contributed by atoms with Crippen molar-refractivity contribution < 1.29 is 0 Å². The van der Waals surface area contributed by atoms with Crippen molar-refractivity contribution >= 4 is 12.4 Å². The topological polar surface area (TPSA) is 15.3 Å². The van der Waals surface area contributed by atoms with E-state index in [1.54, 1.807) is 0 Å². The summed E-state index contributed by atoms with van der Waals surface area (Å²) in [5, 5.41) is 3.45. The van der Waals surface area contributed by atoms with Gasteiger partial charge in [-0.25, -0.2) is 0 Å². The van der Waals surface area contributed by atoms with Gasteiger partial charge in [-0.15, -0.1) is 12.4 Å². The minimum Gasteiger partial charge on any atom is -0.317 e. The maximum atomic E-state index is 3.45. The SMILES string of the molecule is CC1CN(CC2CCNCC2)C(C)(C)C1.Cl. The lowest BCUT2D eigenvalue weighted by Crippen LogP contribution is -2.43. The second kappa shape index (κ2) is 5.70. The van der Waals surface area contributed by atoms with Gasteiger partial charge < -0.3 is 5.32 Å². The fourth-order valence-electron chi connectivity index (χ4n) is 3.37. The number of nitrogens with zero attached hydrogens (tertiary/aromatic N) is 1. The van der Waals surface area contributed by atoms with Crippen LogP contribution in [0, 0.1) is 11.8 Å². The molecule has 0 bridgehead atoms. The highest BCUT2D eigenvalue weighted by Crippen LogP contribution is 2.33. The van der Waals surface area contributed by atoms with Crippen molar-refractivity contribution in [3.63, 3.8) is 0 Å². The number of likely N-dealkylation sites (tertiary alicyclic amines) is 1. The second-order valence-corrected chi connectivity index (χ2v) is 6.22. The Morgan fingerprint density at radius 1 is 1.25 bits per heavy atom. The van der Waals surface area contributed by atoms with Crippen LogP contribution in [0.1, 0.15) is 40.0 Å². The highest BCUT2D eigenvalue weighted by Gasteiger charge is 2.37. The third-order valence-corrected chi connectivity index (χ3v) is 4.17. The van der Waals surface area contributed by atoms with Gasteiger partial charge in [0.05, 0.1) is 0 Å². The summed E-state index contributed by atoms with van der Waals surface area (Å²) in [4.78, 5) is 2.73. The highest BCUT2D eigenvalue weighted by atomic mass is 35.5. The largest absolute Gasteiger partial charge is 0.317 e. The van der Waals surface area contributed by atoms with Gasteiger partial charge in [-0.3, -0.25) is 4.90 Å². The third kappa shape index (κ3) is 3.35. The quantitative estimate of drug-likeness (QED) is 0.806. The van der Waals surface area contributed by atoms with Gasteiger partial charge in [0.15, 0.2) is 0 Å². The van der Waals surface area contributed by atoms with Crippen LogP contribution in [-0.4, -0.2) is 36.6 Å². The summed E-state index contributed by atoms with van der Waals surface area (Å²) in [5.74, 6) is 1.83. The molecule has 0 spiro atoms. The Morgan fingerprint density at radius 3 is 2.38 bits per heavy atom. The Bertz CT molecular complexity index is 212. The number of piperidine rings is 1. The summed E-state index contributed by atoms with van der Waals surface area (Å²) in [6.07, 6.45) is 4.12. The lowest BCUT2D eigenvalue weighted by molar-refractivity contribution is 0.135. The molecule has 1 N–H and O–H groups in total. The van der Waals surface area contributed by atoms with Gasteiger partial charge in [0.2, 0.25) is 0 Å². The molecule has 2 saturated heterocycles. The number of hydrogen-bond donors (Lipinski definition) is 1. The van der Waals surface area contributed by atoms with Crippen molar-refractivity contribution in [3.05, 3.63) is 0 Å². The minimum atomic E-state index is 0. The molecule has 3 heteroatoms. The summed E-state index contributed by atoms with van der Waals surface area (Å²) < 4.78 is 0. The zero-order chi connectivity index (χ0) is 10.9. The number of nitrogens with one attached hydrogen (secondary N) is 1. The average molecular weight is 247 g/mol. The molecule has 2 nitrogen and oxygen atoms in total. The molecular weight excluding hydrogens is 220 g/mol. The van der Waals surface area contributed by atoms with E-state index in [0.717, 1.165) is 11.8 Å². The van der Waals surface area contributed by atoms with Crippen LogP contribution in [-0.2, 0) is 0 Å². The molecule has 2 fully saturated rings. The molecule has 0 aromatic carbocycles. The minimum absolute atomic E-state index is 0. The molecule has 0 aliphatic carbocycles. The lowest BCUT2D eigenvalue weighted by atomic mass is 9.94. The Balaban J connectivity index is 0.00000128. The van der Waals surface area contributed by atoms with Crippen LogP contribution in [0.5, 0.6) is 0 Å². The normalized spacial score (nSPS) is 31.3. The van der Waals surface area contributed by atoms with Crippen molar-refractivity contribution in [2.75, 3.05) is 26.2 Å². The molecule has 0 aromatic heterocycles. The van der Waals surface area contributed by atoms with E-state index in [4.69, 9.17) is 0 Å². The first kappa shape index (κ1) is 14.3. The van der Waals surface area contributed by atoms with E-state index in [1.807, 2.05) is 0 Å². The smallest absolute Gasteiger partial charge is 0.0156 e. The van der Waals surface area contributed by atoms with E-state index in [1.165, 1.54) is 45.4 Å². The van der Waals surface area contributed by atoms with E-state index < -0.39 is 0 Å². The van der Waals surface area contributed by atoms with Crippen LogP contribution in [0.15, 0.2) is 0 Å². The predicted molar refractivity (Wildman–Crippen MR) is 72.3 cm³/mol. The Hall–Kier alpha value is 0.210. The van der Waals surface area contributed by atoms with Crippen molar-refractivity contribution in [2.24, 2.45) is 11.8 Å². The van der Waals surface area contributed by atoms with Crippen LogP contribution in [0.4, 0.5) is 0 Å². The molecule has 16 heavy (non-hydrogen) atoms.